The number of carbonyl (C=O) groups is 1. The number of hydrogen-bond acceptors (Lipinski definition) is 6. The number of carbonyl (C=O) groups excluding carboxylic acids is 1. The molecule has 158 valence electrons. The molecule has 0 amide bonds. The van der Waals surface area contributed by atoms with Crippen LogP contribution in [0.5, 0.6) is 0 Å². The quantitative estimate of drug-likeness (QED) is 0.757. The lowest BCUT2D eigenvalue weighted by atomic mass is 9.74. The molecule has 0 aromatic heterocycles. The van der Waals surface area contributed by atoms with Gasteiger partial charge in [-0.25, -0.2) is 9.18 Å². The van der Waals surface area contributed by atoms with Crippen molar-refractivity contribution >= 4 is 17.5 Å². The summed E-state index contributed by atoms with van der Waals surface area (Å²) in [6.45, 7) is 7.71. The molecule has 1 aromatic carbocycles. The van der Waals surface area contributed by atoms with Crippen molar-refractivity contribution in [3.63, 3.8) is 0 Å². The van der Waals surface area contributed by atoms with Crippen LogP contribution in [-0.2, 0) is 4.74 Å². The van der Waals surface area contributed by atoms with Gasteiger partial charge in [0, 0.05) is 5.56 Å². The first-order valence-corrected chi connectivity index (χ1v) is 10.1. The third-order valence-electron chi connectivity index (χ3n) is 5.62. The van der Waals surface area contributed by atoms with Gasteiger partial charge in [0.15, 0.2) is 0 Å². The van der Waals surface area contributed by atoms with Gasteiger partial charge in [0.25, 0.3) is 0 Å². The van der Waals surface area contributed by atoms with E-state index in [9.17, 15) is 14.3 Å². The number of aliphatic imine (C=N–C) groups is 2. The predicted octanol–water partition coefficient (Wildman–Crippen LogP) is 3.25. The summed E-state index contributed by atoms with van der Waals surface area (Å²) in [5.74, 6) is -0.842. The van der Waals surface area contributed by atoms with Crippen LogP contribution in [0.4, 0.5) is 4.39 Å². The zero-order chi connectivity index (χ0) is 21.4. The zero-order valence-electron chi connectivity index (χ0n) is 17.5. The first-order chi connectivity index (χ1) is 13.5. The highest BCUT2D eigenvalue weighted by molar-refractivity contribution is 6.47. The number of hydrogen-bond donors (Lipinski definition) is 2. The van der Waals surface area contributed by atoms with Crippen LogP contribution in [0.1, 0.15) is 69.3 Å². The smallest absolute Gasteiger partial charge is 0.341 e. The maximum absolute atomic E-state index is 14.7. The first-order valence-electron chi connectivity index (χ1n) is 10.1. The van der Waals surface area contributed by atoms with E-state index < -0.39 is 22.9 Å². The van der Waals surface area contributed by atoms with E-state index in [2.05, 4.69) is 4.99 Å². The molecule has 1 aliphatic heterocycles. The highest BCUT2D eigenvalue weighted by Gasteiger charge is 2.39. The van der Waals surface area contributed by atoms with Crippen LogP contribution in [0.15, 0.2) is 28.2 Å². The lowest BCUT2D eigenvalue weighted by molar-refractivity contribution is 0.00646. The number of rotatable bonds is 3. The standard InChI is InChI=1S/C22H30FN3O3/c1-21(2,3)29-20(28)16-10-5-13(11-17(16)23)18-19(24)25-12-22(4,26-18)14-6-8-15(27)9-7-14/h5,10-11,14-15,27H,6-9,12H2,1-4H3,(H2,24,25). The molecule has 2 aliphatic rings. The minimum Gasteiger partial charge on any atom is -0.456 e. The summed E-state index contributed by atoms with van der Waals surface area (Å²) >= 11 is 0. The fraction of sp³-hybridized carbons (Fsp3) is 0.591. The van der Waals surface area contributed by atoms with Crippen LogP contribution < -0.4 is 5.73 Å². The molecular formula is C22H30FN3O3. The Morgan fingerprint density at radius 3 is 2.52 bits per heavy atom. The van der Waals surface area contributed by atoms with Crippen LogP contribution >= 0.6 is 0 Å². The van der Waals surface area contributed by atoms with E-state index in [1.165, 1.54) is 12.1 Å². The summed E-state index contributed by atoms with van der Waals surface area (Å²) in [6.07, 6.45) is 3.00. The Hall–Kier alpha value is -2.28. The number of nitrogens with two attached hydrogens (primary N) is 1. The number of nitrogens with zero attached hydrogens (tertiary/aromatic N) is 2. The molecule has 1 aromatic rings. The molecule has 6 nitrogen and oxygen atoms in total. The molecule has 29 heavy (non-hydrogen) atoms. The summed E-state index contributed by atoms with van der Waals surface area (Å²) < 4.78 is 19.9. The van der Waals surface area contributed by atoms with Crippen LogP contribution in [0.25, 0.3) is 0 Å². The summed E-state index contributed by atoms with van der Waals surface area (Å²) in [5.41, 5.74) is 5.73. The molecule has 0 saturated heterocycles. The Morgan fingerprint density at radius 2 is 1.93 bits per heavy atom. The van der Waals surface area contributed by atoms with Crippen LogP contribution in [0, 0.1) is 11.7 Å². The third kappa shape index (κ3) is 4.83. The maximum Gasteiger partial charge on any atom is 0.341 e. The number of halogens is 1. The van der Waals surface area contributed by atoms with Crippen molar-refractivity contribution in [3.8, 4) is 0 Å². The highest BCUT2D eigenvalue weighted by Crippen LogP contribution is 2.37. The van der Waals surface area contributed by atoms with E-state index in [0.29, 0.717) is 17.8 Å². The van der Waals surface area contributed by atoms with E-state index >= 15 is 0 Å². The summed E-state index contributed by atoms with van der Waals surface area (Å²) in [7, 11) is 0. The van der Waals surface area contributed by atoms with Crippen molar-refractivity contribution < 1.29 is 19.0 Å². The lowest BCUT2D eigenvalue weighted by Gasteiger charge is -2.39. The number of ether oxygens (including phenoxy) is 1. The Labute approximate surface area is 171 Å². The molecule has 3 N–H and O–H groups in total. The number of amidine groups is 1. The molecule has 1 unspecified atom stereocenters. The van der Waals surface area contributed by atoms with Crippen molar-refractivity contribution in [2.45, 2.75) is 70.6 Å². The predicted molar refractivity (Wildman–Crippen MR) is 111 cm³/mol. The largest absolute Gasteiger partial charge is 0.456 e. The number of esters is 1. The Kier molecular flexibility index (Phi) is 5.81. The van der Waals surface area contributed by atoms with Crippen LogP contribution in [-0.4, -0.2) is 46.4 Å². The minimum absolute atomic E-state index is 0.125. The lowest BCUT2D eigenvalue weighted by Crippen LogP contribution is -2.45. The van der Waals surface area contributed by atoms with E-state index in [1.807, 2.05) is 6.92 Å². The molecule has 3 rings (SSSR count). The van der Waals surface area contributed by atoms with Gasteiger partial charge in [-0.2, -0.15) is 0 Å². The van der Waals surface area contributed by atoms with Crippen LogP contribution in [0.3, 0.4) is 0 Å². The SMILES string of the molecule is CC(C)(C)OC(=O)c1ccc(C2=NC(C)(C3CCC(O)CC3)CN=C2N)cc1F. The molecule has 7 heteroatoms. The zero-order valence-corrected chi connectivity index (χ0v) is 17.5. The van der Waals surface area contributed by atoms with Crippen molar-refractivity contribution in [1.82, 2.24) is 0 Å². The topological polar surface area (TPSA) is 97.3 Å². The molecule has 0 spiro atoms. The van der Waals surface area contributed by atoms with Gasteiger partial charge in [-0.3, -0.25) is 9.98 Å². The third-order valence-corrected chi connectivity index (χ3v) is 5.62. The Morgan fingerprint density at radius 1 is 1.28 bits per heavy atom. The average molecular weight is 403 g/mol. The van der Waals surface area contributed by atoms with Gasteiger partial charge in [-0.15, -0.1) is 0 Å². The van der Waals surface area contributed by atoms with E-state index in [0.717, 1.165) is 25.7 Å². The summed E-state index contributed by atoms with van der Waals surface area (Å²) in [4.78, 5) is 21.6. The molecule has 1 heterocycles. The van der Waals surface area contributed by atoms with Gasteiger partial charge in [-0.1, -0.05) is 6.07 Å². The van der Waals surface area contributed by atoms with Crippen LogP contribution in [0.2, 0.25) is 0 Å². The van der Waals surface area contributed by atoms with Gasteiger partial charge in [0.1, 0.15) is 23.0 Å². The first kappa shape index (κ1) is 21.4. The second-order valence-electron chi connectivity index (χ2n) is 9.22. The summed E-state index contributed by atoms with van der Waals surface area (Å²) in [5, 5.41) is 9.79. The molecule has 1 saturated carbocycles. The van der Waals surface area contributed by atoms with Crippen molar-refractivity contribution in [2.24, 2.45) is 21.6 Å². The van der Waals surface area contributed by atoms with E-state index in [1.54, 1.807) is 26.8 Å². The second-order valence-corrected chi connectivity index (χ2v) is 9.22. The number of aliphatic hydroxyl groups excluding tert-OH is 1. The Bertz CT molecular complexity index is 851. The average Bonchev–Trinajstić information content (AvgIpc) is 2.62. The van der Waals surface area contributed by atoms with Gasteiger partial charge in [-0.05, 0) is 71.4 Å². The molecule has 0 radical (unpaired) electrons. The normalized spacial score (nSPS) is 27.8. The number of benzene rings is 1. The summed E-state index contributed by atoms with van der Waals surface area (Å²) in [6, 6.07) is 4.29. The van der Waals surface area contributed by atoms with E-state index in [4.69, 9.17) is 15.5 Å². The second kappa shape index (κ2) is 7.86. The molecule has 1 fully saturated rings. The Balaban J connectivity index is 1.88. The van der Waals surface area contributed by atoms with E-state index in [-0.39, 0.29) is 23.4 Å². The minimum atomic E-state index is -0.709. The monoisotopic (exact) mass is 403 g/mol. The van der Waals surface area contributed by atoms with Crippen molar-refractivity contribution in [1.29, 1.82) is 0 Å². The molecular weight excluding hydrogens is 373 g/mol. The molecule has 0 bridgehead atoms. The fourth-order valence-electron chi connectivity index (χ4n) is 3.96. The molecule has 1 aliphatic carbocycles. The van der Waals surface area contributed by atoms with Gasteiger partial charge >= 0.3 is 5.97 Å². The fourth-order valence-corrected chi connectivity index (χ4v) is 3.96. The highest BCUT2D eigenvalue weighted by atomic mass is 19.1. The number of aliphatic hydroxyl groups is 1. The van der Waals surface area contributed by atoms with Crippen molar-refractivity contribution in [3.05, 3.63) is 35.1 Å². The maximum atomic E-state index is 14.7. The van der Waals surface area contributed by atoms with Gasteiger partial charge < -0.3 is 15.6 Å². The van der Waals surface area contributed by atoms with Gasteiger partial charge in [0.2, 0.25) is 0 Å². The van der Waals surface area contributed by atoms with Crippen molar-refractivity contribution in [2.75, 3.05) is 6.54 Å². The molecule has 1 atom stereocenters. The van der Waals surface area contributed by atoms with Gasteiger partial charge in [0.05, 0.1) is 23.8 Å².